The molecule has 2 aromatic rings. The Morgan fingerprint density at radius 1 is 1.16 bits per heavy atom. The fraction of sp³-hybridized carbons (Fsp3) is 0.167. The number of carbonyl (C=O) groups is 3. The Kier molecular flexibility index (Phi) is 4.38. The largest absolute Gasteiger partial charge is 0.495 e. The van der Waals surface area contributed by atoms with Gasteiger partial charge in [-0.2, -0.15) is 0 Å². The lowest BCUT2D eigenvalue weighted by atomic mass is 10.2. The van der Waals surface area contributed by atoms with Gasteiger partial charge in [-0.15, -0.1) is 0 Å². The number of hydrogen-bond donors (Lipinski definition) is 2. The van der Waals surface area contributed by atoms with Gasteiger partial charge in [0.2, 0.25) is 5.91 Å². The number of carboxylic acids is 1. The van der Waals surface area contributed by atoms with E-state index in [1.54, 1.807) is 36.4 Å². The molecule has 0 saturated carbocycles. The van der Waals surface area contributed by atoms with Crippen molar-refractivity contribution in [3.8, 4) is 5.75 Å². The summed E-state index contributed by atoms with van der Waals surface area (Å²) in [7, 11) is 1.48. The average molecular weight is 340 g/mol. The summed E-state index contributed by atoms with van der Waals surface area (Å²) in [4.78, 5) is 37.0. The summed E-state index contributed by atoms with van der Waals surface area (Å²) >= 11 is 0. The molecule has 3 rings (SSSR count). The van der Waals surface area contributed by atoms with Crippen molar-refractivity contribution < 1.29 is 24.2 Å². The van der Waals surface area contributed by atoms with Crippen LogP contribution < -0.4 is 15.0 Å². The normalized spacial score (nSPS) is 16.8. The molecule has 128 valence electrons. The van der Waals surface area contributed by atoms with Crippen molar-refractivity contribution in [2.24, 2.45) is 0 Å². The number of amides is 2. The van der Waals surface area contributed by atoms with Crippen molar-refractivity contribution in [1.82, 2.24) is 0 Å². The van der Waals surface area contributed by atoms with Crippen LogP contribution in [0.4, 0.5) is 11.4 Å². The van der Waals surface area contributed by atoms with Gasteiger partial charge in [-0.25, -0.2) is 9.69 Å². The molecular formula is C18H16N2O5. The lowest BCUT2D eigenvalue weighted by molar-refractivity contribution is -0.121. The predicted molar refractivity (Wildman–Crippen MR) is 90.9 cm³/mol. The van der Waals surface area contributed by atoms with Gasteiger partial charge in [0.25, 0.3) is 5.91 Å². The highest BCUT2D eigenvalue weighted by Crippen LogP contribution is 2.32. The molecule has 25 heavy (non-hydrogen) atoms. The first-order chi connectivity index (χ1) is 12.0. The summed E-state index contributed by atoms with van der Waals surface area (Å²) in [5.41, 5.74) is 1.12. The van der Waals surface area contributed by atoms with Crippen molar-refractivity contribution in [2.75, 3.05) is 17.3 Å². The van der Waals surface area contributed by atoms with Gasteiger partial charge in [0.05, 0.1) is 24.8 Å². The zero-order valence-electron chi connectivity index (χ0n) is 13.4. The van der Waals surface area contributed by atoms with Crippen molar-refractivity contribution in [2.45, 2.75) is 12.5 Å². The van der Waals surface area contributed by atoms with Crippen LogP contribution in [0.15, 0.2) is 48.5 Å². The first-order valence-corrected chi connectivity index (χ1v) is 7.61. The molecule has 7 nitrogen and oxygen atoms in total. The van der Waals surface area contributed by atoms with E-state index in [0.717, 1.165) is 4.90 Å². The zero-order valence-corrected chi connectivity index (χ0v) is 13.4. The zero-order chi connectivity index (χ0) is 18.0. The summed E-state index contributed by atoms with van der Waals surface area (Å²) in [5.74, 6) is -1.29. The van der Waals surface area contributed by atoms with Crippen LogP contribution in [-0.4, -0.2) is 36.0 Å². The van der Waals surface area contributed by atoms with E-state index in [1.165, 1.54) is 19.2 Å². The number of hydrogen-bond acceptors (Lipinski definition) is 5. The maximum absolute atomic E-state index is 12.7. The van der Waals surface area contributed by atoms with E-state index in [-0.39, 0.29) is 23.8 Å². The molecule has 0 radical (unpaired) electrons. The number of rotatable bonds is 5. The van der Waals surface area contributed by atoms with Crippen LogP contribution in [0.25, 0.3) is 0 Å². The number of carboxylic acid groups (broad SMARTS) is 1. The van der Waals surface area contributed by atoms with Crippen LogP contribution in [0.1, 0.15) is 16.8 Å². The maximum atomic E-state index is 12.7. The highest BCUT2D eigenvalue weighted by atomic mass is 16.5. The Labute approximate surface area is 143 Å². The summed E-state index contributed by atoms with van der Waals surface area (Å²) in [6.07, 6.45) is 0.0115. The number of carbonyl (C=O) groups excluding carboxylic acids is 2. The molecule has 1 saturated heterocycles. The number of imide groups is 1. The third kappa shape index (κ3) is 3.16. The standard InChI is InChI=1S/C18H16N2O5/c1-25-15-5-3-2-4-14(15)20-16(21)10-13(17(20)22)19-12-8-6-11(7-9-12)18(23)24/h2-9,13,19H,10H2,1H3,(H,23,24). The molecule has 0 bridgehead atoms. The molecule has 1 unspecified atom stereocenters. The predicted octanol–water partition coefficient (Wildman–Crippen LogP) is 2.14. The molecule has 1 aliphatic rings. The first kappa shape index (κ1) is 16.5. The Morgan fingerprint density at radius 2 is 1.84 bits per heavy atom. The molecule has 1 fully saturated rings. The molecule has 2 N–H and O–H groups in total. The molecule has 0 aromatic heterocycles. The van der Waals surface area contributed by atoms with Gasteiger partial charge in [0.1, 0.15) is 11.8 Å². The topological polar surface area (TPSA) is 95.9 Å². The number of methoxy groups -OCH3 is 1. The smallest absolute Gasteiger partial charge is 0.335 e. The Bertz CT molecular complexity index is 832. The Morgan fingerprint density at radius 3 is 2.48 bits per heavy atom. The molecule has 7 heteroatoms. The minimum atomic E-state index is -1.03. The highest BCUT2D eigenvalue weighted by molar-refractivity contribution is 6.23. The van der Waals surface area contributed by atoms with E-state index in [9.17, 15) is 14.4 Å². The summed E-state index contributed by atoms with van der Waals surface area (Å²) in [6.45, 7) is 0. The average Bonchev–Trinajstić information content (AvgIpc) is 2.89. The highest BCUT2D eigenvalue weighted by Gasteiger charge is 2.40. The maximum Gasteiger partial charge on any atom is 0.335 e. The van der Waals surface area contributed by atoms with Gasteiger partial charge in [-0.05, 0) is 36.4 Å². The summed E-state index contributed by atoms with van der Waals surface area (Å²) in [5, 5.41) is 11.9. The lowest BCUT2D eigenvalue weighted by Crippen LogP contribution is -2.35. The van der Waals surface area contributed by atoms with Gasteiger partial charge < -0.3 is 15.2 Å². The van der Waals surface area contributed by atoms with Gasteiger partial charge in [0.15, 0.2) is 0 Å². The molecule has 2 aromatic carbocycles. The van der Waals surface area contributed by atoms with Gasteiger partial charge >= 0.3 is 5.97 Å². The second-order valence-electron chi connectivity index (χ2n) is 5.52. The Balaban J connectivity index is 1.80. The van der Waals surface area contributed by atoms with Crippen molar-refractivity contribution >= 4 is 29.2 Å². The monoisotopic (exact) mass is 340 g/mol. The number of benzene rings is 2. The van der Waals surface area contributed by atoms with E-state index < -0.39 is 12.0 Å². The summed E-state index contributed by atoms with van der Waals surface area (Å²) in [6, 6.07) is 12.1. The van der Waals surface area contributed by atoms with Crippen LogP contribution in [0, 0.1) is 0 Å². The number of nitrogens with zero attached hydrogens (tertiary/aromatic N) is 1. The second kappa shape index (κ2) is 6.64. The quantitative estimate of drug-likeness (QED) is 0.810. The first-order valence-electron chi connectivity index (χ1n) is 7.61. The van der Waals surface area contributed by atoms with E-state index in [1.807, 2.05) is 0 Å². The second-order valence-corrected chi connectivity index (χ2v) is 5.52. The third-order valence-electron chi connectivity index (χ3n) is 3.95. The van der Waals surface area contributed by atoms with Crippen LogP contribution in [-0.2, 0) is 9.59 Å². The van der Waals surface area contributed by atoms with Crippen LogP contribution in [0.2, 0.25) is 0 Å². The number of ether oxygens (including phenoxy) is 1. The van der Waals surface area contributed by atoms with Crippen molar-refractivity contribution in [3.05, 3.63) is 54.1 Å². The molecule has 1 atom stereocenters. The minimum Gasteiger partial charge on any atom is -0.495 e. The number of para-hydroxylation sites is 2. The fourth-order valence-corrected chi connectivity index (χ4v) is 2.72. The van der Waals surface area contributed by atoms with E-state index in [0.29, 0.717) is 17.1 Å². The fourth-order valence-electron chi connectivity index (χ4n) is 2.72. The molecule has 2 amide bonds. The van der Waals surface area contributed by atoms with E-state index in [4.69, 9.17) is 9.84 Å². The van der Waals surface area contributed by atoms with E-state index in [2.05, 4.69) is 5.32 Å². The molecule has 0 spiro atoms. The lowest BCUT2D eigenvalue weighted by Gasteiger charge is -2.18. The van der Waals surface area contributed by atoms with Crippen LogP contribution in [0.5, 0.6) is 5.75 Å². The van der Waals surface area contributed by atoms with Crippen molar-refractivity contribution in [1.29, 1.82) is 0 Å². The number of nitrogens with one attached hydrogen (secondary N) is 1. The molecule has 1 aliphatic heterocycles. The van der Waals surface area contributed by atoms with Crippen LogP contribution in [0.3, 0.4) is 0 Å². The minimum absolute atomic E-state index is 0.0115. The molecular weight excluding hydrogens is 324 g/mol. The molecule has 1 heterocycles. The third-order valence-corrected chi connectivity index (χ3v) is 3.95. The Hall–Kier alpha value is -3.35. The van der Waals surface area contributed by atoms with Gasteiger partial charge in [-0.3, -0.25) is 9.59 Å². The SMILES string of the molecule is COc1ccccc1N1C(=O)CC(Nc2ccc(C(=O)O)cc2)C1=O. The summed E-state index contributed by atoms with van der Waals surface area (Å²) < 4.78 is 5.22. The van der Waals surface area contributed by atoms with Crippen molar-refractivity contribution in [3.63, 3.8) is 0 Å². The number of aromatic carboxylic acids is 1. The van der Waals surface area contributed by atoms with E-state index >= 15 is 0 Å². The van der Waals surface area contributed by atoms with Crippen LogP contribution >= 0.6 is 0 Å². The van der Waals surface area contributed by atoms with Gasteiger partial charge in [-0.1, -0.05) is 12.1 Å². The number of anilines is 2. The van der Waals surface area contributed by atoms with Gasteiger partial charge in [0, 0.05) is 5.69 Å². The molecule has 0 aliphatic carbocycles.